The molecule has 0 heterocycles. The number of hydrogen-bond acceptors (Lipinski definition) is 3. The molecule has 82 valence electrons. The molecule has 0 amide bonds. The SMILES string of the molecule is CC(C)(CN=C(N)C1CC1)S(C)(=O)=O. The number of hydrogen-bond donors (Lipinski definition) is 1. The van der Waals surface area contributed by atoms with E-state index in [9.17, 15) is 8.42 Å². The van der Waals surface area contributed by atoms with Crippen LogP contribution in [0.25, 0.3) is 0 Å². The molecule has 0 spiro atoms. The number of nitrogens with two attached hydrogens (primary N) is 1. The van der Waals surface area contributed by atoms with Crippen LogP contribution in [-0.2, 0) is 9.84 Å². The quantitative estimate of drug-likeness (QED) is 0.554. The summed E-state index contributed by atoms with van der Waals surface area (Å²) < 4.78 is 21.9. The lowest BCUT2D eigenvalue weighted by atomic mass is 10.2. The van der Waals surface area contributed by atoms with Gasteiger partial charge in [-0.05, 0) is 26.7 Å². The summed E-state index contributed by atoms with van der Waals surface area (Å²) in [6.07, 6.45) is 3.42. The molecule has 0 radical (unpaired) electrons. The molecule has 14 heavy (non-hydrogen) atoms. The molecule has 0 unspecified atom stereocenters. The smallest absolute Gasteiger partial charge is 0.154 e. The van der Waals surface area contributed by atoms with Crippen LogP contribution in [0.2, 0.25) is 0 Å². The molecule has 0 aromatic heterocycles. The monoisotopic (exact) mass is 218 g/mol. The van der Waals surface area contributed by atoms with Crippen LogP contribution in [0.3, 0.4) is 0 Å². The second-order valence-electron chi connectivity index (χ2n) is 4.55. The zero-order chi connectivity index (χ0) is 11.0. The van der Waals surface area contributed by atoms with Gasteiger partial charge in [0, 0.05) is 12.2 Å². The first kappa shape index (κ1) is 11.5. The molecule has 1 aliphatic rings. The van der Waals surface area contributed by atoms with Crippen LogP contribution in [0.5, 0.6) is 0 Å². The van der Waals surface area contributed by atoms with E-state index in [-0.39, 0.29) is 6.54 Å². The van der Waals surface area contributed by atoms with Gasteiger partial charge in [-0.15, -0.1) is 0 Å². The Bertz CT molecular complexity index is 340. The van der Waals surface area contributed by atoms with Crippen molar-refractivity contribution in [2.75, 3.05) is 12.8 Å². The van der Waals surface area contributed by atoms with Crippen molar-refractivity contribution >= 4 is 15.7 Å². The third-order valence-corrected chi connectivity index (χ3v) is 4.78. The van der Waals surface area contributed by atoms with Gasteiger partial charge in [-0.25, -0.2) is 8.42 Å². The Morgan fingerprint density at radius 1 is 1.50 bits per heavy atom. The minimum atomic E-state index is -3.07. The number of amidine groups is 1. The van der Waals surface area contributed by atoms with Gasteiger partial charge in [0.2, 0.25) is 0 Å². The molecule has 1 aliphatic carbocycles. The first-order valence-electron chi connectivity index (χ1n) is 4.73. The zero-order valence-electron chi connectivity index (χ0n) is 8.95. The number of sulfone groups is 1. The van der Waals surface area contributed by atoms with Crippen molar-refractivity contribution in [2.24, 2.45) is 16.6 Å². The second-order valence-corrected chi connectivity index (χ2v) is 7.20. The highest BCUT2D eigenvalue weighted by Gasteiger charge is 2.31. The first-order valence-corrected chi connectivity index (χ1v) is 6.62. The molecular weight excluding hydrogens is 200 g/mol. The highest BCUT2D eigenvalue weighted by atomic mass is 32.2. The fourth-order valence-electron chi connectivity index (χ4n) is 0.907. The van der Waals surface area contributed by atoms with Crippen molar-refractivity contribution in [1.29, 1.82) is 0 Å². The van der Waals surface area contributed by atoms with Gasteiger partial charge in [0.25, 0.3) is 0 Å². The van der Waals surface area contributed by atoms with E-state index in [4.69, 9.17) is 5.73 Å². The van der Waals surface area contributed by atoms with Crippen molar-refractivity contribution < 1.29 is 8.42 Å². The van der Waals surface area contributed by atoms with Gasteiger partial charge in [-0.2, -0.15) is 0 Å². The lowest BCUT2D eigenvalue weighted by Crippen LogP contribution is -2.35. The van der Waals surface area contributed by atoms with Crippen LogP contribution in [0.1, 0.15) is 26.7 Å². The van der Waals surface area contributed by atoms with Crippen LogP contribution in [0.15, 0.2) is 4.99 Å². The van der Waals surface area contributed by atoms with Gasteiger partial charge in [-0.3, -0.25) is 4.99 Å². The molecular formula is C9H18N2O2S. The van der Waals surface area contributed by atoms with Crippen molar-refractivity contribution in [3.8, 4) is 0 Å². The summed E-state index contributed by atoms with van der Waals surface area (Å²) in [5, 5.41) is 0. The standard InChI is InChI=1S/C9H18N2O2S/c1-9(2,14(3,12)13)6-11-8(10)7-4-5-7/h7H,4-6H2,1-3H3,(H2,10,11). The van der Waals surface area contributed by atoms with E-state index < -0.39 is 14.6 Å². The molecule has 0 atom stereocenters. The van der Waals surface area contributed by atoms with Crippen molar-refractivity contribution in [3.05, 3.63) is 0 Å². The maximum atomic E-state index is 11.3. The molecule has 0 aliphatic heterocycles. The molecule has 2 N–H and O–H groups in total. The largest absolute Gasteiger partial charge is 0.387 e. The summed E-state index contributed by atoms with van der Waals surface area (Å²) in [5.74, 6) is 1.02. The fourth-order valence-corrected chi connectivity index (χ4v) is 1.21. The van der Waals surface area contributed by atoms with Gasteiger partial charge in [0.05, 0.1) is 17.1 Å². The van der Waals surface area contributed by atoms with Crippen LogP contribution < -0.4 is 5.73 Å². The molecule has 0 aromatic carbocycles. The van der Waals surface area contributed by atoms with E-state index >= 15 is 0 Å². The maximum Gasteiger partial charge on any atom is 0.154 e. The minimum Gasteiger partial charge on any atom is -0.387 e. The van der Waals surface area contributed by atoms with Gasteiger partial charge in [-0.1, -0.05) is 0 Å². The van der Waals surface area contributed by atoms with Gasteiger partial charge in [0.15, 0.2) is 9.84 Å². The summed E-state index contributed by atoms with van der Waals surface area (Å²) in [4.78, 5) is 4.14. The summed E-state index contributed by atoms with van der Waals surface area (Å²) >= 11 is 0. The molecule has 0 aromatic rings. The maximum absolute atomic E-state index is 11.3. The number of aliphatic imine (C=N–C) groups is 1. The van der Waals surface area contributed by atoms with E-state index in [1.165, 1.54) is 6.26 Å². The Labute approximate surface area is 85.5 Å². The molecule has 1 saturated carbocycles. The topological polar surface area (TPSA) is 72.5 Å². The molecule has 1 fully saturated rings. The van der Waals surface area contributed by atoms with E-state index in [1.807, 2.05) is 0 Å². The Balaban J connectivity index is 2.63. The summed E-state index contributed by atoms with van der Waals surface area (Å²) in [6, 6.07) is 0. The average Bonchev–Trinajstić information content (AvgIpc) is 2.80. The third-order valence-electron chi connectivity index (χ3n) is 2.64. The van der Waals surface area contributed by atoms with Crippen LogP contribution >= 0.6 is 0 Å². The summed E-state index contributed by atoms with van der Waals surface area (Å²) in [6.45, 7) is 3.60. The number of rotatable bonds is 4. The highest BCUT2D eigenvalue weighted by molar-refractivity contribution is 7.92. The second kappa shape index (κ2) is 3.53. The zero-order valence-corrected chi connectivity index (χ0v) is 9.76. The van der Waals surface area contributed by atoms with E-state index in [0.717, 1.165) is 12.8 Å². The van der Waals surface area contributed by atoms with Crippen molar-refractivity contribution in [3.63, 3.8) is 0 Å². The summed E-state index contributed by atoms with van der Waals surface area (Å²) in [7, 11) is -3.07. The predicted molar refractivity (Wildman–Crippen MR) is 58.1 cm³/mol. The third kappa shape index (κ3) is 2.70. The van der Waals surface area contributed by atoms with Crippen LogP contribution in [-0.4, -0.2) is 31.8 Å². The Morgan fingerprint density at radius 2 is 2.00 bits per heavy atom. The minimum absolute atomic E-state index is 0.258. The van der Waals surface area contributed by atoms with Crippen LogP contribution in [0, 0.1) is 5.92 Å². The Kier molecular flexibility index (Phi) is 2.90. The Hall–Kier alpha value is -0.580. The Morgan fingerprint density at radius 3 is 2.36 bits per heavy atom. The lowest BCUT2D eigenvalue weighted by molar-refractivity contribution is 0.555. The van der Waals surface area contributed by atoms with Gasteiger partial charge < -0.3 is 5.73 Å². The lowest BCUT2D eigenvalue weighted by Gasteiger charge is -2.19. The van der Waals surface area contributed by atoms with Crippen molar-refractivity contribution in [1.82, 2.24) is 0 Å². The van der Waals surface area contributed by atoms with Crippen molar-refractivity contribution in [2.45, 2.75) is 31.4 Å². The predicted octanol–water partition coefficient (Wildman–Crippen LogP) is 0.577. The van der Waals surface area contributed by atoms with E-state index in [0.29, 0.717) is 11.8 Å². The van der Waals surface area contributed by atoms with E-state index in [2.05, 4.69) is 4.99 Å². The van der Waals surface area contributed by atoms with Crippen LogP contribution in [0.4, 0.5) is 0 Å². The average molecular weight is 218 g/mol. The normalized spacial score (nSPS) is 19.8. The molecule has 0 saturated heterocycles. The summed E-state index contributed by atoms with van der Waals surface area (Å²) in [5.41, 5.74) is 5.68. The van der Waals surface area contributed by atoms with Gasteiger partial charge >= 0.3 is 0 Å². The fraction of sp³-hybridized carbons (Fsp3) is 0.889. The molecule has 4 nitrogen and oxygen atoms in total. The van der Waals surface area contributed by atoms with E-state index in [1.54, 1.807) is 13.8 Å². The van der Waals surface area contributed by atoms with Gasteiger partial charge in [0.1, 0.15) is 0 Å². The molecule has 1 rings (SSSR count). The number of nitrogens with zero attached hydrogens (tertiary/aromatic N) is 1. The first-order chi connectivity index (χ1) is 6.24. The highest BCUT2D eigenvalue weighted by Crippen LogP contribution is 2.29. The molecule has 5 heteroatoms. The molecule has 0 bridgehead atoms.